The summed E-state index contributed by atoms with van der Waals surface area (Å²) in [6.45, 7) is 0.377. The standard InChI is InChI=1S/C16H15N5O2S/c22-11(9-21-19-16(18-20-21)15-5-2-8-24-15)10-23-14-4-1-3-13-12(14)6-7-17-13/h1-8,11,17,22H,9-10H2/t11-/m1/s1. The van der Waals surface area contributed by atoms with Gasteiger partial charge in [0.15, 0.2) is 0 Å². The van der Waals surface area contributed by atoms with Crippen LogP contribution in [0.4, 0.5) is 0 Å². The topological polar surface area (TPSA) is 88.9 Å². The minimum atomic E-state index is -0.732. The molecule has 0 aliphatic carbocycles. The van der Waals surface area contributed by atoms with E-state index in [1.165, 1.54) is 4.80 Å². The lowest BCUT2D eigenvalue weighted by molar-refractivity contribution is 0.0857. The van der Waals surface area contributed by atoms with Crippen LogP contribution in [-0.2, 0) is 6.54 Å². The van der Waals surface area contributed by atoms with Crippen LogP contribution < -0.4 is 4.74 Å². The first-order valence-electron chi connectivity index (χ1n) is 7.48. The fourth-order valence-corrected chi connectivity index (χ4v) is 3.08. The average molecular weight is 341 g/mol. The first-order valence-corrected chi connectivity index (χ1v) is 8.36. The van der Waals surface area contributed by atoms with Crippen molar-refractivity contribution in [2.24, 2.45) is 0 Å². The second-order valence-corrected chi connectivity index (χ2v) is 6.25. The molecule has 0 unspecified atom stereocenters. The summed E-state index contributed by atoms with van der Waals surface area (Å²) >= 11 is 1.55. The molecule has 0 saturated heterocycles. The number of aliphatic hydroxyl groups is 1. The largest absolute Gasteiger partial charge is 0.490 e. The number of thiophene rings is 1. The Kier molecular flexibility index (Phi) is 3.97. The predicted octanol–water partition coefficient (Wildman–Crippen LogP) is 2.32. The van der Waals surface area contributed by atoms with Gasteiger partial charge in [-0.3, -0.25) is 0 Å². The van der Waals surface area contributed by atoms with Crippen molar-refractivity contribution in [2.45, 2.75) is 12.6 Å². The summed E-state index contributed by atoms with van der Waals surface area (Å²) in [6.07, 6.45) is 1.13. The monoisotopic (exact) mass is 341 g/mol. The van der Waals surface area contributed by atoms with Crippen molar-refractivity contribution in [3.05, 3.63) is 48.0 Å². The third-order valence-corrected chi connectivity index (χ3v) is 4.42. The molecule has 0 fully saturated rings. The number of aromatic amines is 1. The Morgan fingerprint density at radius 1 is 1.25 bits per heavy atom. The molecular weight excluding hydrogens is 326 g/mol. The smallest absolute Gasteiger partial charge is 0.214 e. The fraction of sp³-hybridized carbons (Fsp3) is 0.188. The molecule has 2 N–H and O–H groups in total. The van der Waals surface area contributed by atoms with E-state index in [4.69, 9.17) is 4.74 Å². The van der Waals surface area contributed by atoms with Crippen LogP contribution in [0, 0.1) is 0 Å². The first-order chi connectivity index (χ1) is 11.8. The van der Waals surface area contributed by atoms with E-state index in [2.05, 4.69) is 20.4 Å². The van der Waals surface area contributed by atoms with E-state index in [1.54, 1.807) is 11.3 Å². The number of aliphatic hydroxyl groups excluding tert-OH is 1. The maximum absolute atomic E-state index is 10.2. The van der Waals surface area contributed by atoms with Gasteiger partial charge in [0.1, 0.15) is 18.5 Å². The zero-order valence-corrected chi connectivity index (χ0v) is 13.5. The molecule has 3 heterocycles. The van der Waals surface area contributed by atoms with Gasteiger partial charge < -0.3 is 14.8 Å². The van der Waals surface area contributed by atoms with Crippen LogP contribution in [0.3, 0.4) is 0 Å². The number of nitrogens with one attached hydrogen (secondary N) is 1. The highest BCUT2D eigenvalue weighted by Gasteiger charge is 2.12. The third kappa shape index (κ3) is 3.01. The molecule has 0 saturated carbocycles. The van der Waals surface area contributed by atoms with Gasteiger partial charge in [-0.25, -0.2) is 0 Å². The lowest BCUT2D eigenvalue weighted by Crippen LogP contribution is -2.25. The van der Waals surface area contributed by atoms with Crippen molar-refractivity contribution in [3.8, 4) is 16.5 Å². The predicted molar refractivity (Wildman–Crippen MR) is 90.9 cm³/mol. The molecule has 24 heavy (non-hydrogen) atoms. The van der Waals surface area contributed by atoms with Crippen LogP contribution in [-0.4, -0.2) is 43.0 Å². The Morgan fingerprint density at radius 3 is 3.08 bits per heavy atom. The molecule has 4 aromatic rings. The molecule has 7 nitrogen and oxygen atoms in total. The number of nitrogens with zero attached hydrogens (tertiary/aromatic N) is 4. The molecule has 0 spiro atoms. The van der Waals surface area contributed by atoms with E-state index in [0.717, 1.165) is 21.5 Å². The molecule has 0 amide bonds. The first kappa shape index (κ1) is 14.9. The normalized spacial score (nSPS) is 12.5. The van der Waals surface area contributed by atoms with Crippen molar-refractivity contribution in [3.63, 3.8) is 0 Å². The highest BCUT2D eigenvalue weighted by Crippen LogP contribution is 2.24. The summed E-state index contributed by atoms with van der Waals surface area (Å²) in [6, 6.07) is 11.6. The van der Waals surface area contributed by atoms with Crippen molar-refractivity contribution >= 4 is 22.2 Å². The Balaban J connectivity index is 1.38. The Bertz CT molecular complexity index is 931. The van der Waals surface area contributed by atoms with Crippen molar-refractivity contribution < 1.29 is 9.84 Å². The van der Waals surface area contributed by atoms with Gasteiger partial charge in [0.05, 0.1) is 11.4 Å². The molecule has 122 valence electrons. The highest BCUT2D eigenvalue weighted by atomic mass is 32.1. The summed E-state index contributed by atoms with van der Waals surface area (Å²) < 4.78 is 5.73. The molecule has 0 radical (unpaired) electrons. The van der Waals surface area contributed by atoms with Crippen molar-refractivity contribution in [2.75, 3.05) is 6.61 Å². The number of fused-ring (bicyclic) bond motifs is 1. The SMILES string of the molecule is O[C@@H](COc1cccc2[nH]ccc12)Cn1nnc(-c2cccs2)n1. The summed E-state index contributed by atoms with van der Waals surface area (Å²) in [4.78, 5) is 5.47. The number of hydrogen-bond acceptors (Lipinski definition) is 6. The molecule has 4 rings (SSSR count). The minimum absolute atomic E-state index is 0.153. The van der Waals surface area contributed by atoms with E-state index in [-0.39, 0.29) is 13.2 Å². The zero-order valence-electron chi connectivity index (χ0n) is 12.7. The molecule has 0 aliphatic heterocycles. The lowest BCUT2D eigenvalue weighted by Gasteiger charge is -2.12. The van der Waals surface area contributed by atoms with Crippen LogP contribution in [0.25, 0.3) is 21.6 Å². The number of tetrazole rings is 1. The van der Waals surface area contributed by atoms with Crippen LogP contribution in [0.2, 0.25) is 0 Å². The molecule has 8 heteroatoms. The van der Waals surface area contributed by atoms with Crippen LogP contribution >= 0.6 is 11.3 Å². The maximum atomic E-state index is 10.2. The van der Waals surface area contributed by atoms with Gasteiger partial charge in [0.2, 0.25) is 5.82 Å². The molecule has 3 aromatic heterocycles. The van der Waals surface area contributed by atoms with Gasteiger partial charge >= 0.3 is 0 Å². The quantitative estimate of drug-likeness (QED) is 0.562. The van der Waals surface area contributed by atoms with Crippen LogP contribution in [0.5, 0.6) is 5.75 Å². The Hall–Kier alpha value is -2.71. The molecular formula is C16H15N5O2S. The average Bonchev–Trinajstić information content (AvgIpc) is 3.32. The highest BCUT2D eigenvalue weighted by molar-refractivity contribution is 7.13. The molecule has 1 atom stereocenters. The van der Waals surface area contributed by atoms with Gasteiger partial charge in [-0.15, -0.1) is 21.5 Å². The van der Waals surface area contributed by atoms with Crippen molar-refractivity contribution in [1.29, 1.82) is 0 Å². The summed E-state index contributed by atoms with van der Waals surface area (Å²) in [5.41, 5.74) is 1.00. The fourth-order valence-electron chi connectivity index (χ4n) is 2.43. The van der Waals surface area contributed by atoms with Gasteiger partial charge in [-0.1, -0.05) is 12.1 Å². The number of hydrogen-bond donors (Lipinski definition) is 2. The van der Waals surface area contributed by atoms with Gasteiger partial charge in [0, 0.05) is 17.1 Å². The maximum Gasteiger partial charge on any atom is 0.214 e. The summed E-state index contributed by atoms with van der Waals surface area (Å²) in [7, 11) is 0. The van der Waals surface area contributed by atoms with E-state index >= 15 is 0 Å². The lowest BCUT2D eigenvalue weighted by atomic mass is 10.2. The Labute approximate surface area is 141 Å². The van der Waals surface area contributed by atoms with Crippen LogP contribution in [0.15, 0.2) is 48.0 Å². The molecule has 1 aromatic carbocycles. The van der Waals surface area contributed by atoms with E-state index in [9.17, 15) is 5.11 Å². The number of aromatic nitrogens is 5. The van der Waals surface area contributed by atoms with E-state index in [0.29, 0.717) is 5.82 Å². The second-order valence-electron chi connectivity index (χ2n) is 5.31. The number of rotatable bonds is 6. The minimum Gasteiger partial charge on any atom is -0.490 e. The molecule has 0 bridgehead atoms. The zero-order chi connectivity index (χ0) is 16.4. The van der Waals surface area contributed by atoms with Gasteiger partial charge in [0.25, 0.3) is 0 Å². The number of benzene rings is 1. The van der Waals surface area contributed by atoms with E-state index in [1.807, 2.05) is 48.0 Å². The summed E-state index contributed by atoms with van der Waals surface area (Å²) in [5.74, 6) is 1.30. The number of ether oxygens (including phenoxy) is 1. The molecule has 0 aliphatic rings. The van der Waals surface area contributed by atoms with E-state index < -0.39 is 6.10 Å². The van der Waals surface area contributed by atoms with Crippen molar-refractivity contribution in [1.82, 2.24) is 25.2 Å². The Morgan fingerprint density at radius 2 is 2.21 bits per heavy atom. The third-order valence-electron chi connectivity index (χ3n) is 3.55. The summed E-state index contributed by atoms with van der Waals surface area (Å²) in [5, 5.41) is 25.4. The number of H-pyrrole nitrogens is 1. The second kappa shape index (κ2) is 6.42. The van der Waals surface area contributed by atoms with Gasteiger partial charge in [-0.2, -0.15) is 4.80 Å². The van der Waals surface area contributed by atoms with Crippen LogP contribution in [0.1, 0.15) is 0 Å². The van der Waals surface area contributed by atoms with Gasteiger partial charge in [-0.05, 0) is 34.9 Å².